The molecule has 4 aromatic heterocycles. The van der Waals surface area contributed by atoms with Crippen molar-refractivity contribution in [3.8, 4) is 17.3 Å². The Bertz CT molecular complexity index is 1440. The van der Waals surface area contributed by atoms with Gasteiger partial charge in [0.05, 0.1) is 23.8 Å². The highest BCUT2D eigenvalue weighted by atomic mass is 32.1. The summed E-state index contributed by atoms with van der Waals surface area (Å²) >= 11 is 1.46. The molecular weight excluding hydrogens is 386 g/mol. The van der Waals surface area contributed by atoms with Gasteiger partial charge in [0, 0.05) is 22.7 Å². The number of hydrogen-bond acceptors (Lipinski definition) is 6. The van der Waals surface area contributed by atoms with Crippen molar-refractivity contribution >= 4 is 38.7 Å². The molecule has 0 saturated carbocycles. The van der Waals surface area contributed by atoms with Crippen molar-refractivity contribution in [2.45, 2.75) is 6.92 Å². The Morgan fingerprint density at radius 3 is 3.07 bits per heavy atom. The summed E-state index contributed by atoms with van der Waals surface area (Å²) in [5.41, 5.74) is 4.04. The van der Waals surface area contributed by atoms with Crippen LogP contribution >= 0.6 is 11.3 Å². The minimum absolute atomic E-state index is 0.317. The third-order valence-electron chi connectivity index (χ3n) is 4.65. The first-order valence-corrected chi connectivity index (χ1v) is 9.53. The smallest absolute Gasteiger partial charge is 0.261 e. The van der Waals surface area contributed by atoms with Crippen LogP contribution in [0, 0.1) is 18.3 Å². The summed E-state index contributed by atoms with van der Waals surface area (Å²) < 4.78 is 2.59. The number of nitrogens with zero attached hydrogens (tertiary/aromatic N) is 5. The summed E-state index contributed by atoms with van der Waals surface area (Å²) in [7, 11) is 0. The van der Waals surface area contributed by atoms with Gasteiger partial charge in [0.15, 0.2) is 5.65 Å². The van der Waals surface area contributed by atoms with Gasteiger partial charge in [0.25, 0.3) is 5.91 Å². The highest BCUT2D eigenvalue weighted by Gasteiger charge is 2.18. The van der Waals surface area contributed by atoms with Crippen molar-refractivity contribution in [1.82, 2.24) is 24.8 Å². The molecule has 0 aliphatic heterocycles. The van der Waals surface area contributed by atoms with Gasteiger partial charge in [0.2, 0.25) is 0 Å². The lowest BCUT2D eigenvalue weighted by molar-refractivity contribution is 0.102. The molecule has 5 aromatic rings. The molecule has 0 aliphatic carbocycles. The van der Waals surface area contributed by atoms with E-state index >= 15 is 0 Å². The van der Waals surface area contributed by atoms with Crippen LogP contribution in [-0.2, 0) is 0 Å². The summed E-state index contributed by atoms with van der Waals surface area (Å²) in [6, 6.07) is 9.84. The van der Waals surface area contributed by atoms with Crippen LogP contribution in [0.1, 0.15) is 20.8 Å². The second kappa shape index (κ2) is 6.54. The molecular formula is C20H13N7OS. The molecule has 140 valence electrons. The molecule has 0 atom stereocenters. The Hall–Kier alpha value is -4.03. The van der Waals surface area contributed by atoms with Gasteiger partial charge in [-0.25, -0.2) is 9.50 Å². The van der Waals surface area contributed by atoms with E-state index < -0.39 is 0 Å². The standard InChI is InChI=1S/C20H13N7OS/c1-11-5-17-12(6-13(8-21)29-17)7-14(11)18-16(10-23-26-18)25-20(28)15-9-24-27-4-2-3-22-19(15)27/h2-7,9-10H,1H3,(H,23,26)(H,25,28). The molecule has 4 heterocycles. The van der Waals surface area contributed by atoms with Crippen LogP contribution in [0.25, 0.3) is 27.0 Å². The van der Waals surface area contributed by atoms with Crippen LogP contribution in [-0.4, -0.2) is 30.7 Å². The first kappa shape index (κ1) is 17.1. The number of fused-ring (bicyclic) bond motifs is 2. The minimum Gasteiger partial charge on any atom is -0.319 e. The zero-order valence-electron chi connectivity index (χ0n) is 15.2. The number of amides is 1. The number of carbonyl (C=O) groups excluding carboxylic acids is 1. The molecule has 0 unspecified atom stereocenters. The zero-order chi connectivity index (χ0) is 20.0. The maximum absolute atomic E-state index is 12.8. The Balaban J connectivity index is 1.53. The summed E-state index contributed by atoms with van der Waals surface area (Å²) in [5.74, 6) is -0.317. The van der Waals surface area contributed by atoms with E-state index in [1.54, 1.807) is 29.2 Å². The van der Waals surface area contributed by atoms with Crippen molar-refractivity contribution in [3.05, 3.63) is 65.1 Å². The van der Waals surface area contributed by atoms with Crippen molar-refractivity contribution in [1.29, 1.82) is 5.26 Å². The fourth-order valence-corrected chi connectivity index (χ4v) is 4.22. The predicted molar refractivity (Wildman–Crippen MR) is 110 cm³/mol. The average molecular weight is 399 g/mol. The Morgan fingerprint density at radius 1 is 1.31 bits per heavy atom. The van der Waals surface area contributed by atoms with Crippen LogP contribution in [0.2, 0.25) is 0 Å². The number of aromatic nitrogens is 5. The molecule has 9 heteroatoms. The molecule has 0 bridgehead atoms. The number of hydrogen-bond donors (Lipinski definition) is 2. The average Bonchev–Trinajstić information content (AvgIpc) is 3.44. The summed E-state index contributed by atoms with van der Waals surface area (Å²) in [6.07, 6.45) is 6.41. The lowest BCUT2D eigenvalue weighted by Crippen LogP contribution is -2.12. The third-order valence-corrected chi connectivity index (χ3v) is 5.66. The largest absolute Gasteiger partial charge is 0.319 e. The van der Waals surface area contributed by atoms with E-state index in [1.807, 2.05) is 25.1 Å². The van der Waals surface area contributed by atoms with E-state index in [0.717, 1.165) is 21.2 Å². The molecule has 0 fully saturated rings. The van der Waals surface area contributed by atoms with E-state index in [2.05, 4.69) is 31.7 Å². The summed E-state index contributed by atoms with van der Waals surface area (Å²) in [6.45, 7) is 1.99. The lowest BCUT2D eigenvalue weighted by atomic mass is 10.0. The summed E-state index contributed by atoms with van der Waals surface area (Å²) in [5, 5.41) is 24.3. The molecule has 8 nitrogen and oxygen atoms in total. The second-order valence-electron chi connectivity index (χ2n) is 6.49. The number of thiophene rings is 1. The maximum atomic E-state index is 12.8. The molecule has 5 rings (SSSR count). The normalized spacial score (nSPS) is 11.0. The van der Waals surface area contributed by atoms with E-state index in [9.17, 15) is 4.79 Å². The van der Waals surface area contributed by atoms with E-state index in [4.69, 9.17) is 5.26 Å². The van der Waals surface area contributed by atoms with Gasteiger partial charge in [-0.15, -0.1) is 11.3 Å². The van der Waals surface area contributed by atoms with Crippen molar-refractivity contribution < 1.29 is 4.79 Å². The Kier molecular flexibility index (Phi) is 3.86. The molecule has 2 N–H and O–H groups in total. The number of H-pyrrole nitrogens is 1. The van der Waals surface area contributed by atoms with E-state index in [-0.39, 0.29) is 5.91 Å². The number of anilines is 1. The monoisotopic (exact) mass is 399 g/mol. The Morgan fingerprint density at radius 2 is 2.21 bits per heavy atom. The van der Waals surface area contributed by atoms with E-state index in [0.29, 0.717) is 27.5 Å². The lowest BCUT2D eigenvalue weighted by Gasteiger charge is -2.08. The number of benzene rings is 1. The van der Waals surface area contributed by atoms with Gasteiger partial charge >= 0.3 is 0 Å². The maximum Gasteiger partial charge on any atom is 0.261 e. The second-order valence-corrected chi connectivity index (χ2v) is 7.57. The van der Waals surface area contributed by atoms with Crippen molar-refractivity contribution in [2.24, 2.45) is 0 Å². The molecule has 0 radical (unpaired) electrons. The van der Waals surface area contributed by atoms with Crippen LogP contribution in [0.15, 0.2) is 49.1 Å². The molecule has 0 saturated heterocycles. The van der Waals surface area contributed by atoms with Gasteiger partial charge in [-0.1, -0.05) is 0 Å². The molecule has 0 aliphatic rings. The van der Waals surface area contributed by atoms with Crippen molar-refractivity contribution in [2.75, 3.05) is 5.32 Å². The number of aryl methyl sites for hydroxylation is 1. The van der Waals surface area contributed by atoms with Gasteiger partial charge in [-0.2, -0.15) is 15.5 Å². The Labute approximate surface area is 168 Å². The minimum atomic E-state index is -0.317. The van der Waals surface area contributed by atoms with Gasteiger partial charge < -0.3 is 5.32 Å². The fraction of sp³-hybridized carbons (Fsp3) is 0.0500. The third kappa shape index (κ3) is 2.83. The first-order chi connectivity index (χ1) is 14.1. The molecule has 1 aromatic carbocycles. The topological polar surface area (TPSA) is 112 Å². The number of rotatable bonds is 3. The van der Waals surface area contributed by atoms with E-state index in [1.165, 1.54) is 17.5 Å². The molecule has 29 heavy (non-hydrogen) atoms. The fourth-order valence-electron chi connectivity index (χ4n) is 3.28. The number of nitriles is 1. The number of nitrogens with one attached hydrogen (secondary N) is 2. The SMILES string of the molecule is Cc1cc2sc(C#N)cc2cc1-c1[nH]ncc1NC(=O)c1cnn2cccnc12. The highest BCUT2D eigenvalue weighted by molar-refractivity contribution is 7.19. The summed E-state index contributed by atoms with van der Waals surface area (Å²) in [4.78, 5) is 17.7. The van der Waals surface area contributed by atoms with Crippen LogP contribution in [0.4, 0.5) is 5.69 Å². The van der Waals surface area contributed by atoms with Gasteiger partial charge in [0.1, 0.15) is 16.5 Å². The van der Waals surface area contributed by atoms with Crippen LogP contribution in [0.5, 0.6) is 0 Å². The first-order valence-electron chi connectivity index (χ1n) is 8.72. The van der Waals surface area contributed by atoms with Crippen LogP contribution < -0.4 is 5.32 Å². The van der Waals surface area contributed by atoms with Crippen molar-refractivity contribution in [3.63, 3.8) is 0 Å². The van der Waals surface area contributed by atoms with Gasteiger partial charge in [-0.3, -0.25) is 9.89 Å². The molecule has 0 spiro atoms. The highest BCUT2D eigenvalue weighted by Crippen LogP contribution is 2.35. The van der Waals surface area contributed by atoms with Crippen LogP contribution in [0.3, 0.4) is 0 Å². The molecule has 1 amide bonds. The number of aromatic amines is 1. The number of carbonyl (C=O) groups is 1. The predicted octanol–water partition coefficient (Wildman–Crippen LogP) is 3.77. The van der Waals surface area contributed by atoms with Gasteiger partial charge in [-0.05, 0) is 42.1 Å². The quantitative estimate of drug-likeness (QED) is 0.480. The zero-order valence-corrected chi connectivity index (χ0v) is 16.0.